The molecule has 0 atom stereocenters. The number of rotatable bonds is 5. The van der Waals surface area contributed by atoms with Crippen LogP contribution in [0.25, 0.3) is 11.3 Å². The number of nitrogen functional groups attached to an aromatic ring is 1. The van der Waals surface area contributed by atoms with Gasteiger partial charge in [-0.2, -0.15) is 0 Å². The van der Waals surface area contributed by atoms with Crippen LogP contribution in [0.4, 0.5) is 5.69 Å². The summed E-state index contributed by atoms with van der Waals surface area (Å²) in [5.74, 6) is 1.51. The molecule has 0 bridgehead atoms. The third kappa shape index (κ3) is 2.90. The van der Waals surface area contributed by atoms with E-state index in [1.807, 2.05) is 24.3 Å². The maximum atomic E-state index is 5.76. The lowest BCUT2D eigenvalue weighted by Crippen LogP contribution is -2.22. The molecule has 0 saturated carbocycles. The number of anilines is 1. The topological polar surface area (TPSA) is 55.3 Å². The van der Waals surface area contributed by atoms with Gasteiger partial charge in [-0.3, -0.25) is 4.90 Å². The van der Waals surface area contributed by atoms with Gasteiger partial charge in [0.05, 0.1) is 12.7 Å². The lowest BCUT2D eigenvalue weighted by Gasteiger charge is -2.14. The van der Waals surface area contributed by atoms with Crippen molar-refractivity contribution in [3.8, 4) is 11.3 Å². The molecule has 4 nitrogen and oxygen atoms in total. The first-order valence-corrected chi connectivity index (χ1v) is 6.26. The van der Waals surface area contributed by atoms with Gasteiger partial charge < -0.3 is 10.2 Å². The van der Waals surface area contributed by atoms with Crippen LogP contribution in [-0.4, -0.2) is 23.0 Å². The second-order valence-electron chi connectivity index (χ2n) is 4.21. The van der Waals surface area contributed by atoms with Gasteiger partial charge in [-0.15, -0.1) is 0 Å². The molecule has 4 heteroatoms. The highest BCUT2D eigenvalue weighted by Gasteiger charge is 2.09. The summed E-state index contributed by atoms with van der Waals surface area (Å²) < 4.78 is 5.75. The Bertz CT molecular complexity index is 503. The standard InChI is InChI=1S/C14H19N3O/c1-3-17(4-2)10-14-16-9-13(18-14)11-6-5-7-12(15)8-11/h5-9H,3-4,10,15H2,1-2H3. The van der Waals surface area contributed by atoms with E-state index in [9.17, 15) is 0 Å². The predicted octanol–water partition coefficient (Wildman–Crippen LogP) is 2.77. The van der Waals surface area contributed by atoms with Crippen LogP contribution in [0.3, 0.4) is 0 Å². The zero-order valence-corrected chi connectivity index (χ0v) is 10.9. The van der Waals surface area contributed by atoms with Gasteiger partial charge in [-0.25, -0.2) is 4.98 Å². The van der Waals surface area contributed by atoms with Gasteiger partial charge in [-0.1, -0.05) is 26.0 Å². The van der Waals surface area contributed by atoms with Gasteiger partial charge >= 0.3 is 0 Å². The van der Waals surface area contributed by atoms with Crippen LogP contribution in [0.1, 0.15) is 19.7 Å². The zero-order chi connectivity index (χ0) is 13.0. The number of oxazole rings is 1. The van der Waals surface area contributed by atoms with E-state index in [-0.39, 0.29) is 0 Å². The summed E-state index contributed by atoms with van der Waals surface area (Å²) in [4.78, 5) is 6.57. The molecule has 2 aromatic rings. The molecule has 2 N–H and O–H groups in total. The molecule has 0 radical (unpaired) electrons. The largest absolute Gasteiger partial charge is 0.439 e. The number of nitrogens with two attached hydrogens (primary N) is 1. The fraction of sp³-hybridized carbons (Fsp3) is 0.357. The van der Waals surface area contributed by atoms with Crippen LogP contribution in [0.5, 0.6) is 0 Å². The molecule has 0 unspecified atom stereocenters. The number of nitrogens with zero attached hydrogens (tertiary/aromatic N) is 2. The molecule has 0 aliphatic carbocycles. The highest BCUT2D eigenvalue weighted by Crippen LogP contribution is 2.22. The van der Waals surface area contributed by atoms with E-state index < -0.39 is 0 Å². The normalized spacial score (nSPS) is 11.1. The van der Waals surface area contributed by atoms with Crippen LogP contribution in [-0.2, 0) is 6.54 Å². The molecule has 0 aliphatic rings. The van der Waals surface area contributed by atoms with E-state index in [2.05, 4.69) is 23.7 Å². The minimum atomic E-state index is 0.731. The Morgan fingerprint density at radius 1 is 1.28 bits per heavy atom. The van der Waals surface area contributed by atoms with Gasteiger partial charge in [0.15, 0.2) is 5.76 Å². The lowest BCUT2D eigenvalue weighted by atomic mass is 10.2. The van der Waals surface area contributed by atoms with E-state index in [1.165, 1.54) is 0 Å². The van der Waals surface area contributed by atoms with Crippen molar-refractivity contribution < 1.29 is 4.42 Å². The Labute approximate surface area is 107 Å². The smallest absolute Gasteiger partial charge is 0.209 e. The number of hydrogen-bond donors (Lipinski definition) is 1. The summed E-state index contributed by atoms with van der Waals surface area (Å²) in [6.07, 6.45) is 1.76. The second kappa shape index (κ2) is 5.69. The van der Waals surface area contributed by atoms with Crippen LogP contribution >= 0.6 is 0 Å². The molecule has 0 aliphatic heterocycles. The Kier molecular flexibility index (Phi) is 3.99. The van der Waals surface area contributed by atoms with Crippen LogP contribution < -0.4 is 5.73 Å². The van der Waals surface area contributed by atoms with Crippen LogP contribution in [0.2, 0.25) is 0 Å². The van der Waals surface area contributed by atoms with Gasteiger partial charge in [0, 0.05) is 11.3 Å². The first kappa shape index (κ1) is 12.6. The summed E-state index contributed by atoms with van der Waals surface area (Å²) in [7, 11) is 0. The highest BCUT2D eigenvalue weighted by atomic mass is 16.4. The van der Waals surface area contributed by atoms with E-state index in [0.29, 0.717) is 0 Å². The van der Waals surface area contributed by atoms with Gasteiger partial charge in [0.2, 0.25) is 5.89 Å². The molecule has 1 aromatic carbocycles. The molecule has 1 heterocycles. The number of aromatic nitrogens is 1. The van der Waals surface area contributed by atoms with Crippen molar-refractivity contribution in [3.05, 3.63) is 36.4 Å². The summed E-state index contributed by atoms with van der Waals surface area (Å²) in [6.45, 7) is 6.99. The average molecular weight is 245 g/mol. The van der Waals surface area contributed by atoms with E-state index in [4.69, 9.17) is 10.2 Å². The quantitative estimate of drug-likeness (QED) is 0.823. The molecule has 1 aromatic heterocycles. The van der Waals surface area contributed by atoms with E-state index >= 15 is 0 Å². The van der Waals surface area contributed by atoms with Gasteiger partial charge in [0.25, 0.3) is 0 Å². The van der Waals surface area contributed by atoms with Crippen molar-refractivity contribution in [2.45, 2.75) is 20.4 Å². The van der Waals surface area contributed by atoms with E-state index in [1.54, 1.807) is 6.20 Å². The molecular weight excluding hydrogens is 226 g/mol. The third-order valence-electron chi connectivity index (χ3n) is 2.98. The minimum absolute atomic E-state index is 0.731. The summed E-state index contributed by atoms with van der Waals surface area (Å²) in [6, 6.07) is 7.63. The first-order valence-electron chi connectivity index (χ1n) is 6.26. The fourth-order valence-electron chi connectivity index (χ4n) is 1.85. The molecule has 0 fully saturated rings. The van der Waals surface area contributed by atoms with Crippen molar-refractivity contribution in [2.75, 3.05) is 18.8 Å². The van der Waals surface area contributed by atoms with E-state index in [0.717, 1.165) is 42.5 Å². The number of benzene rings is 1. The molecule has 18 heavy (non-hydrogen) atoms. The van der Waals surface area contributed by atoms with Crippen LogP contribution in [0, 0.1) is 0 Å². The Balaban J connectivity index is 2.15. The summed E-state index contributed by atoms with van der Waals surface area (Å²) in [5, 5.41) is 0. The molecular formula is C14H19N3O. The Morgan fingerprint density at radius 3 is 2.72 bits per heavy atom. The average Bonchev–Trinajstić information content (AvgIpc) is 2.84. The second-order valence-corrected chi connectivity index (χ2v) is 4.21. The van der Waals surface area contributed by atoms with Crippen molar-refractivity contribution in [1.82, 2.24) is 9.88 Å². The zero-order valence-electron chi connectivity index (χ0n) is 10.9. The maximum Gasteiger partial charge on any atom is 0.209 e. The SMILES string of the molecule is CCN(CC)Cc1ncc(-c2cccc(N)c2)o1. The number of hydrogen-bond acceptors (Lipinski definition) is 4. The predicted molar refractivity (Wildman–Crippen MR) is 73.0 cm³/mol. The molecule has 0 saturated heterocycles. The van der Waals surface area contributed by atoms with Gasteiger partial charge in [0.1, 0.15) is 0 Å². The van der Waals surface area contributed by atoms with Crippen molar-refractivity contribution >= 4 is 5.69 Å². The summed E-state index contributed by atoms with van der Waals surface area (Å²) in [5.41, 5.74) is 7.45. The Morgan fingerprint density at radius 2 is 2.06 bits per heavy atom. The van der Waals surface area contributed by atoms with Gasteiger partial charge in [-0.05, 0) is 25.2 Å². The fourth-order valence-corrected chi connectivity index (χ4v) is 1.85. The maximum absolute atomic E-state index is 5.76. The van der Waals surface area contributed by atoms with Crippen molar-refractivity contribution in [2.24, 2.45) is 0 Å². The summed E-state index contributed by atoms with van der Waals surface area (Å²) >= 11 is 0. The lowest BCUT2D eigenvalue weighted by molar-refractivity contribution is 0.264. The monoisotopic (exact) mass is 245 g/mol. The van der Waals surface area contributed by atoms with Crippen LogP contribution in [0.15, 0.2) is 34.9 Å². The van der Waals surface area contributed by atoms with Crippen molar-refractivity contribution in [1.29, 1.82) is 0 Å². The molecule has 0 spiro atoms. The minimum Gasteiger partial charge on any atom is -0.439 e. The third-order valence-corrected chi connectivity index (χ3v) is 2.98. The molecule has 2 rings (SSSR count). The highest BCUT2D eigenvalue weighted by molar-refractivity contribution is 5.61. The molecule has 96 valence electrons. The molecule has 0 amide bonds. The van der Waals surface area contributed by atoms with Crippen molar-refractivity contribution in [3.63, 3.8) is 0 Å². The Hall–Kier alpha value is -1.81. The first-order chi connectivity index (χ1) is 8.72.